The fourth-order valence-corrected chi connectivity index (χ4v) is 2.76. The number of nitrogens with zero attached hydrogens (tertiary/aromatic N) is 2. The zero-order chi connectivity index (χ0) is 20.6. The van der Waals surface area contributed by atoms with Crippen LogP contribution in [0.4, 0.5) is 5.69 Å². The summed E-state index contributed by atoms with van der Waals surface area (Å²) in [6.07, 6.45) is 5.40. The smallest absolute Gasteiger partial charge is 0.251 e. The number of carbonyl (C=O) groups is 2. The Balaban J connectivity index is 1.50. The summed E-state index contributed by atoms with van der Waals surface area (Å²) in [7, 11) is 0. The molecule has 0 bridgehead atoms. The molecule has 0 aliphatic rings. The number of carbonyl (C=O) groups excluding carboxylic acids is 2. The maximum atomic E-state index is 12.2. The van der Waals surface area contributed by atoms with E-state index in [-0.39, 0.29) is 24.5 Å². The van der Waals surface area contributed by atoms with Gasteiger partial charge in [-0.2, -0.15) is 0 Å². The minimum Gasteiger partial charge on any atom is -0.491 e. The van der Waals surface area contributed by atoms with Gasteiger partial charge in [0, 0.05) is 30.2 Å². The van der Waals surface area contributed by atoms with Crippen molar-refractivity contribution in [3.8, 4) is 5.75 Å². The number of anilines is 1. The summed E-state index contributed by atoms with van der Waals surface area (Å²) < 4.78 is 7.50. The van der Waals surface area contributed by atoms with Crippen LogP contribution >= 0.6 is 0 Å². The van der Waals surface area contributed by atoms with Gasteiger partial charge in [0.2, 0.25) is 5.91 Å². The summed E-state index contributed by atoms with van der Waals surface area (Å²) in [6.45, 7) is 4.42. The van der Waals surface area contributed by atoms with E-state index in [4.69, 9.17) is 4.74 Å². The van der Waals surface area contributed by atoms with Crippen LogP contribution < -0.4 is 15.4 Å². The monoisotopic (exact) mass is 392 g/mol. The van der Waals surface area contributed by atoms with Gasteiger partial charge in [0.15, 0.2) is 0 Å². The Morgan fingerprint density at radius 1 is 1.14 bits per heavy atom. The van der Waals surface area contributed by atoms with Gasteiger partial charge in [0.1, 0.15) is 5.75 Å². The zero-order valence-electron chi connectivity index (χ0n) is 16.5. The average Bonchev–Trinajstić information content (AvgIpc) is 3.19. The van der Waals surface area contributed by atoms with E-state index in [0.29, 0.717) is 23.5 Å². The Morgan fingerprint density at radius 2 is 1.93 bits per heavy atom. The minimum atomic E-state index is -0.315. The number of hydrogen-bond acceptors (Lipinski definition) is 4. The second kappa shape index (κ2) is 9.54. The molecule has 0 atom stereocenters. The number of amides is 2. The Bertz CT molecular complexity index is 950. The minimum absolute atomic E-state index is 0.0665. The Kier molecular flexibility index (Phi) is 6.63. The highest BCUT2D eigenvalue weighted by Gasteiger charge is 2.09. The molecule has 0 saturated heterocycles. The number of ether oxygens (including phenoxy) is 1. The molecule has 0 spiro atoms. The number of rotatable bonds is 8. The maximum absolute atomic E-state index is 12.2. The lowest BCUT2D eigenvalue weighted by Gasteiger charge is -2.11. The third-order valence-electron chi connectivity index (χ3n) is 4.03. The van der Waals surface area contributed by atoms with Crippen LogP contribution in [0.3, 0.4) is 0 Å². The number of imidazole rings is 1. The van der Waals surface area contributed by atoms with E-state index in [1.165, 1.54) is 0 Å². The van der Waals surface area contributed by atoms with E-state index in [1.54, 1.807) is 36.8 Å². The average molecular weight is 392 g/mol. The van der Waals surface area contributed by atoms with E-state index in [1.807, 2.05) is 48.9 Å². The van der Waals surface area contributed by atoms with Gasteiger partial charge in [0.25, 0.3) is 5.91 Å². The zero-order valence-corrected chi connectivity index (χ0v) is 16.5. The van der Waals surface area contributed by atoms with Crippen molar-refractivity contribution in [2.75, 3.05) is 11.9 Å². The van der Waals surface area contributed by atoms with Gasteiger partial charge >= 0.3 is 0 Å². The van der Waals surface area contributed by atoms with Crippen molar-refractivity contribution in [1.29, 1.82) is 0 Å². The molecule has 1 aromatic heterocycles. The first-order valence-electron chi connectivity index (χ1n) is 9.39. The summed E-state index contributed by atoms with van der Waals surface area (Å²) in [4.78, 5) is 28.4. The third kappa shape index (κ3) is 6.21. The van der Waals surface area contributed by atoms with Crippen molar-refractivity contribution in [2.45, 2.75) is 26.5 Å². The predicted molar refractivity (Wildman–Crippen MR) is 111 cm³/mol. The molecule has 0 fully saturated rings. The quantitative estimate of drug-likeness (QED) is 0.617. The SMILES string of the molecule is CC(C)Oc1ccc(C(=O)NCC(=O)Nc2cccc(Cn3ccnc3)c2)cc1. The van der Waals surface area contributed by atoms with Gasteiger partial charge in [-0.15, -0.1) is 0 Å². The number of hydrogen-bond donors (Lipinski definition) is 2. The first kappa shape index (κ1) is 20.1. The summed E-state index contributed by atoms with van der Waals surface area (Å²) in [5.41, 5.74) is 2.18. The fraction of sp³-hybridized carbons (Fsp3) is 0.227. The molecule has 0 aliphatic heterocycles. The topological polar surface area (TPSA) is 85.2 Å². The molecule has 0 aliphatic carbocycles. The summed E-state index contributed by atoms with van der Waals surface area (Å²) in [6, 6.07) is 14.4. The highest BCUT2D eigenvalue weighted by Crippen LogP contribution is 2.14. The molecule has 7 heteroatoms. The van der Waals surface area contributed by atoms with Gasteiger partial charge in [-0.25, -0.2) is 4.98 Å². The van der Waals surface area contributed by atoms with E-state index in [0.717, 1.165) is 5.56 Å². The van der Waals surface area contributed by atoms with Crippen molar-refractivity contribution < 1.29 is 14.3 Å². The van der Waals surface area contributed by atoms with Crippen molar-refractivity contribution in [1.82, 2.24) is 14.9 Å². The van der Waals surface area contributed by atoms with Crippen LogP contribution in [0.2, 0.25) is 0 Å². The Hall–Kier alpha value is -3.61. The van der Waals surface area contributed by atoms with Crippen LogP contribution in [0, 0.1) is 0 Å². The van der Waals surface area contributed by atoms with Crippen LogP contribution in [0.25, 0.3) is 0 Å². The molecule has 7 nitrogen and oxygen atoms in total. The molecule has 0 radical (unpaired) electrons. The van der Waals surface area contributed by atoms with E-state index >= 15 is 0 Å². The molecule has 2 aromatic carbocycles. The van der Waals surface area contributed by atoms with Gasteiger partial charge in [-0.3, -0.25) is 9.59 Å². The van der Waals surface area contributed by atoms with Crippen molar-refractivity contribution in [3.63, 3.8) is 0 Å². The van der Waals surface area contributed by atoms with Gasteiger partial charge < -0.3 is 19.9 Å². The Labute approximate surface area is 169 Å². The number of nitrogens with one attached hydrogen (secondary N) is 2. The molecule has 0 saturated carbocycles. The maximum Gasteiger partial charge on any atom is 0.251 e. The lowest BCUT2D eigenvalue weighted by Crippen LogP contribution is -2.32. The summed E-state index contributed by atoms with van der Waals surface area (Å²) in [5.74, 6) is 0.0906. The second-order valence-electron chi connectivity index (χ2n) is 6.86. The molecule has 150 valence electrons. The lowest BCUT2D eigenvalue weighted by atomic mass is 10.2. The molecule has 1 heterocycles. The second-order valence-corrected chi connectivity index (χ2v) is 6.86. The van der Waals surface area contributed by atoms with Crippen LogP contribution in [-0.2, 0) is 11.3 Å². The van der Waals surface area contributed by atoms with Crippen molar-refractivity contribution in [3.05, 3.63) is 78.4 Å². The first-order valence-corrected chi connectivity index (χ1v) is 9.39. The molecule has 2 amide bonds. The van der Waals surface area contributed by atoms with E-state index < -0.39 is 0 Å². The van der Waals surface area contributed by atoms with Crippen molar-refractivity contribution in [2.24, 2.45) is 0 Å². The van der Waals surface area contributed by atoms with Crippen LogP contribution in [0.5, 0.6) is 5.75 Å². The predicted octanol–water partition coefficient (Wildman–Crippen LogP) is 3.09. The highest BCUT2D eigenvalue weighted by atomic mass is 16.5. The number of benzene rings is 2. The molecule has 29 heavy (non-hydrogen) atoms. The first-order chi connectivity index (χ1) is 14.0. The Morgan fingerprint density at radius 3 is 2.62 bits per heavy atom. The molecule has 2 N–H and O–H groups in total. The molecular formula is C22H24N4O3. The highest BCUT2D eigenvalue weighted by molar-refractivity contribution is 5.99. The normalized spacial score (nSPS) is 10.6. The van der Waals surface area contributed by atoms with Gasteiger partial charge in [0.05, 0.1) is 19.0 Å². The molecule has 0 unspecified atom stereocenters. The molecule has 3 rings (SSSR count). The van der Waals surface area contributed by atoms with Gasteiger partial charge in [-0.1, -0.05) is 12.1 Å². The summed E-state index contributed by atoms with van der Waals surface area (Å²) >= 11 is 0. The van der Waals surface area contributed by atoms with Crippen LogP contribution in [0.15, 0.2) is 67.3 Å². The molecule has 3 aromatic rings. The van der Waals surface area contributed by atoms with Crippen LogP contribution in [-0.4, -0.2) is 34.0 Å². The van der Waals surface area contributed by atoms with Crippen molar-refractivity contribution >= 4 is 17.5 Å². The van der Waals surface area contributed by atoms with Gasteiger partial charge in [-0.05, 0) is 55.8 Å². The summed E-state index contributed by atoms with van der Waals surface area (Å²) in [5, 5.41) is 5.43. The lowest BCUT2D eigenvalue weighted by molar-refractivity contribution is -0.115. The van der Waals surface area contributed by atoms with E-state index in [9.17, 15) is 9.59 Å². The third-order valence-corrected chi connectivity index (χ3v) is 4.03. The number of aromatic nitrogens is 2. The largest absolute Gasteiger partial charge is 0.491 e. The standard InChI is InChI=1S/C22H24N4O3/c1-16(2)29-20-8-6-18(7-9-20)22(28)24-13-21(27)25-19-5-3-4-17(12-19)14-26-11-10-23-15-26/h3-12,15-16H,13-14H2,1-2H3,(H,24,28)(H,25,27). The fourth-order valence-electron chi connectivity index (χ4n) is 2.76. The van der Waals surface area contributed by atoms with Crippen LogP contribution in [0.1, 0.15) is 29.8 Å². The van der Waals surface area contributed by atoms with E-state index in [2.05, 4.69) is 15.6 Å². The molecular weight excluding hydrogens is 368 g/mol.